The summed E-state index contributed by atoms with van der Waals surface area (Å²) in [5.41, 5.74) is 0.206. The number of anilines is 1. The number of nitrogens with one attached hydrogen (secondary N) is 2. The number of carbonyl (C=O) groups is 2. The van der Waals surface area contributed by atoms with Crippen LogP contribution in [0.2, 0.25) is 0 Å². The van der Waals surface area contributed by atoms with Crippen molar-refractivity contribution in [1.82, 2.24) is 14.3 Å². The summed E-state index contributed by atoms with van der Waals surface area (Å²) in [6, 6.07) is 1.56. The molecule has 0 aromatic carbocycles. The van der Waals surface area contributed by atoms with Crippen LogP contribution < -0.4 is 10.6 Å². The number of pyridine rings is 1. The van der Waals surface area contributed by atoms with Crippen LogP contribution in [0.4, 0.5) is 14.4 Å². The highest BCUT2D eigenvalue weighted by molar-refractivity contribution is 7.92. The van der Waals surface area contributed by atoms with Crippen molar-refractivity contribution >= 4 is 41.1 Å². The molecule has 2 heterocycles. The van der Waals surface area contributed by atoms with Gasteiger partial charge in [0.1, 0.15) is 11.2 Å². The average Bonchev–Trinajstić information content (AvgIpc) is 2.94. The van der Waals surface area contributed by atoms with Crippen LogP contribution in [-0.2, 0) is 4.74 Å². The van der Waals surface area contributed by atoms with Crippen LogP contribution in [0.1, 0.15) is 44.0 Å². The maximum atomic E-state index is 13.0. The Balaban J connectivity index is 1.69. The van der Waals surface area contributed by atoms with Gasteiger partial charge in [0.25, 0.3) is 0 Å². The number of alkyl carbamates (subject to hydrolysis) is 1. The standard InChI is InChI=1S/C17H21FN4O4S/c1-17(2,3)26-16(25)21-10-6-9(7-10)20-13-11-4-5-22(27-18)14(11)19-8-12(13)15(23)24/h4-5,8-10H,6-7H2,1-3H3,(H,19,20)(H,21,25)(H,23,24). The fourth-order valence-corrected chi connectivity index (χ4v) is 3.29. The van der Waals surface area contributed by atoms with Crippen molar-refractivity contribution in [3.05, 3.63) is 24.0 Å². The lowest BCUT2D eigenvalue weighted by Gasteiger charge is -2.37. The van der Waals surface area contributed by atoms with Crippen LogP contribution >= 0.6 is 12.3 Å². The summed E-state index contributed by atoms with van der Waals surface area (Å²) < 4.78 is 19.4. The summed E-state index contributed by atoms with van der Waals surface area (Å²) in [7, 11) is 0. The summed E-state index contributed by atoms with van der Waals surface area (Å²) in [5, 5.41) is 16.0. The number of carboxylic acids is 1. The lowest BCUT2D eigenvalue weighted by molar-refractivity contribution is 0.0475. The van der Waals surface area contributed by atoms with Crippen LogP contribution in [-0.4, -0.2) is 43.8 Å². The summed E-state index contributed by atoms with van der Waals surface area (Å²) >= 11 is -0.00429. The number of carbonyl (C=O) groups excluding carboxylic acids is 1. The van der Waals surface area contributed by atoms with Gasteiger partial charge in [0.2, 0.25) is 0 Å². The van der Waals surface area contributed by atoms with E-state index in [-0.39, 0.29) is 30.0 Å². The molecule has 1 amide bonds. The van der Waals surface area contributed by atoms with E-state index in [1.54, 1.807) is 26.8 Å². The number of aromatic carboxylic acids is 1. The number of carboxylic acid groups (broad SMARTS) is 1. The van der Waals surface area contributed by atoms with Gasteiger partial charge in [0, 0.05) is 29.9 Å². The molecule has 0 bridgehead atoms. The highest BCUT2D eigenvalue weighted by Crippen LogP contribution is 2.33. The van der Waals surface area contributed by atoms with Gasteiger partial charge >= 0.3 is 12.1 Å². The van der Waals surface area contributed by atoms with Gasteiger partial charge in [-0.05, 0) is 39.7 Å². The molecule has 0 saturated heterocycles. The second-order valence-electron chi connectivity index (χ2n) is 7.46. The Hall–Kier alpha value is -2.49. The number of hydrogen-bond donors (Lipinski definition) is 3. The number of halogens is 1. The van der Waals surface area contributed by atoms with Gasteiger partial charge in [-0.2, -0.15) is 0 Å². The number of hydrogen-bond acceptors (Lipinski definition) is 6. The monoisotopic (exact) mass is 396 g/mol. The Morgan fingerprint density at radius 3 is 2.67 bits per heavy atom. The molecule has 1 aliphatic carbocycles. The van der Waals surface area contributed by atoms with Crippen molar-refractivity contribution in [3.63, 3.8) is 0 Å². The summed E-state index contributed by atoms with van der Waals surface area (Å²) in [5.74, 6) is -1.12. The molecule has 0 atom stereocenters. The highest BCUT2D eigenvalue weighted by atomic mass is 32.2. The Bertz CT molecular complexity index is 874. The van der Waals surface area contributed by atoms with E-state index in [1.807, 2.05) is 0 Å². The SMILES string of the molecule is CC(C)(C)OC(=O)NC1CC(Nc2c(C(=O)O)cnc3c2ccn3SF)C1. The molecule has 0 spiro atoms. The summed E-state index contributed by atoms with van der Waals surface area (Å²) in [6.45, 7) is 5.38. The second kappa shape index (κ2) is 7.26. The smallest absolute Gasteiger partial charge is 0.407 e. The molecular formula is C17H21FN4O4S. The first kappa shape index (κ1) is 19.3. The Kier molecular flexibility index (Phi) is 5.18. The molecule has 146 valence electrons. The number of nitrogens with zero attached hydrogens (tertiary/aromatic N) is 2. The van der Waals surface area contributed by atoms with Crippen LogP contribution in [0.15, 0.2) is 18.5 Å². The predicted molar refractivity (Wildman–Crippen MR) is 101 cm³/mol. The van der Waals surface area contributed by atoms with Crippen molar-refractivity contribution in [3.8, 4) is 0 Å². The first-order chi connectivity index (χ1) is 12.7. The van der Waals surface area contributed by atoms with Crippen LogP contribution in [0, 0.1) is 0 Å². The van der Waals surface area contributed by atoms with E-state index in [0.29, 0.717) is 29.6 Å². The normalized spacial score (nSPS) is 19.4. The molecular weight excluding hydrogens is 375 g/mol. The van der Waals surface area contributed by atoms with Crippen molar-refractivity contribution in [2.45, 2.75) is 51.3 Å². The van der Waals surface area contributed by atoms with Crippen molar-refractivity contribution in [1.29, 1.82) is 0 Å². The minimum atomic E-state index is -1.12. The third-order valence-corrected chi connectivity index (χ3v) is 4.64. The largest absolute Gasteiger partial charge is 0.478 e. The molecule has 8 nitrogen and oxygen atoms in total. The Morgan fingerprint density at radius 2 is 2.07 bits per heavy atom. The van der Waals surface area contributed by atoms with E-state index < -0.39 is 17.7 Å². The molecule has 27 heavy (non-hydrogen) atoms. The summed E-state index contributed by atoms with van der Waals surface area (Å²) in [6.07, 6.45) is 3.49. The van der Waals surface area contributed by atoms with E-state index >= 15 is 0 Å². The molecule has 0 aliphatic heterocycles. The van der Waals surface area contributed by atoms with Gasteiger partial charge in [-0.15, -0.1) is 3.89 Å². The fraction of sp³-hybridized carbons (Fsp3) is 0.471. The molecule has 10 heteroatoms. The molecule has 2 aromatic rings. The van der Waals surface area contributed by atoms with Gasteiger partial charge < -0.3 is 20.5 Å². The number of fused-ring (bicyclic) bond motifs is 1. The van der Waals surface area contributed by atoms with Crippen LogP contribution in [0.5, 0.6) is 0 Å². The third kappa shape index (κ3) is 4.26. The Labute approximate surface area is 159 Å². The quantitative estimate of drug-likeness (QED) is 0.709. The molecule has 0 unspecified atom stereocenters. The zero-order chi connectivity index (χ0) is 19.8. The second-order valence-corrected chi connectivity index (χ2v) is 7.99. The van der Waals surface area contributed by atoms with Crippen molar-refractivity contribution < 1.29 is 23.3 Å². The first-order valence-electron chi connectivity index (χ1n) is 8.46. The zero-order valence-corrected chi connectivity index (χ0v) is 16.0. The van der Waals surface area contributed by atoms with Gasteiger partial charge in [-0.1, -0.05) is 0 Å². The predicted octanol–water partition coefficient (Wildman–Crippen LogP) is 3.58. The molecule has 0 radical (unpaired) electrons. The van der Waals surface area contributed by atoms with E-state index in [2.05, 4.69) is 15.6 Å². The van der Waals surface area contributed by atoms with Gasteiger partial charge in [0.05, 0.1) is 5.69 Å². The molecule has 2 aromatic heterocycles. The maximum Gasteiger partial charge on any atom is 0.407 e. The molecule has 3 N–H and O–H groups in total. The number of aromatic nitrogens is 2. The van der Waals surface area contributed by atoms with E-state index in [4.69, 9.17) is 4.74 Å². The number of rotatable bonds is 5. The highest BCUT2D eigenvalue weighted by Gasteiger charge is 2.33. The van der Waals surface area contributed by atoms with Crippen LogP contribution in [0.25, 0.3) is 11.0 Å². The minimum absolute atomic E-state index is 0.00429. The van der Waals surface area contributed by atoms with Crippen LogP contribution in [0.3, 0.4) is 0 Å². The first-order valence-corrected chi connectivity index (χ1v) is 9.14. The molecule has 3 rings (SSSR count). The van der Waals surface area contributed by atoms with Crippen molar-refractivity contribution in [2.24, 2.45) is 0 Å². The Morgan fingerprint density at radius 1 is 1.37 bits per heavy atom. The number of ether oxygens (including phenoxy) is 1. The average molecular weight is 396 g/mol. The lowest BCUT2D eigenvalue weighted by atomic mass is 9.86. The van der Waals surface area contributed by atoms with Gasteiger partial charge in [-0.25, -0.2) is 18.5 Å². The molecule has 1 fully saturated rings. The van der Waals surface area contributed by atoms with E-state index in [1.165, 1.54) is 16.4 Å². The lowest BCUT2D eigenvalue weighted by Crippen LogP contribution is -2.50. The maximum absolute atomic E-state index is 13.0. The minimum Gasteiger partial charge on any atom is -0.478 e. The molecule has 1 aliphatic rings. The number of amides is 1. The van der Waals surface area contributed by atoms with Gasteiger partial charge in [-0.3, -0.25) is 0 Å². The van der Waals surface area contributed by atoms with Crippen molar-refractivity contribution in [2.75, 3.05) is 5.32 Å². The topological polar surface area (TPSA) is 105 Å². The zero-order valence-electron chi connectivity index (χ0n) is 15.2. The van der Waals surface area contributed by atoms with E-state index in [9.17, 15) is 18.6 Å². The fourth-order valence-electron chi connectivity index (χ4n) is 2.97. The van der Waals surface area contributed by atoms with E-state index in [0.717, 1.165) is 0 Å². The third-order valence-electron chi connectivity index (χ3n) is 4.19. The summed E-state index contributed by atoms with van der Waals surface area (Å²) in [4.78, 5) is 27.4. The molecule has 1 saturated carbocycles. The van der Waals surface area contributed by atoms with Gasteiger partial charge in [0.15, 0.2) is 18.0 Å².